The molecule has 0 fully saturated rings. The van der Waals surface area contributed by atoms with Crippen LogP contribution in [0.4, 0.5) is 0 Å². The third-order valence-corrected chi connectivity index (χ3v) is 1.43. The summed E-state index contributed by atoms with van der Waals surface area (Å²) in [5.41, 5.74) is 4.76. The van der Waals surface area contributed by atoms with Gasteiger partial charge in [0.25, 0.3) is 0 Å². The standard InChI is InChI=1S/C4H9NO2S/c1-2(6)3(8)4(5)7/h2-3,6,8H,1H3,(H2,5,7). The maximum atomic E-state index is 10.1. The highest BCUT2D eigenvalue weighted by molar-refractivity contribution is 7.81. The Bertz CT molecular complexity index is 94.0. The number of nitrogens with two attached hydrogens (primary N) is 1. The largest absolute Gasteiger partial charge is 0.392 e. The maximum Gasteiger partial charge on any atom is 0.232 e. The van der Waals surface area contributed by atoms with E-state index < -0.39 is 17.3 Å². The lowest BCUT2D eigenvalue weighted by Gasteiger charge is -2.07. The van der Waals surface area contributed by atoms with E-state index in [1.807, 2.05) is 0 Å². The molecule has 0 aliphatic carbocycles. The summed E-state index contributed by atoms with van der Waals surface area (Å²) in [6.45, 7) is 1.46. The Labute approximate surface area is 53.3 Å². The highest BCUT2D eigenvalue weighted by Gasteiger charge is 2.14. The van der Waals surface area contributed by atoms with Gasteiger partial charge in [0.1, 0.15) is 5.25 Å². The van der Waals surface area contributed by atoms with E-state index in [0.29, 0.717) is 0 Å². The quantitative estimate of drug-likeness (QED) is 0.432. The zero-order valence-electron chi connectivity index (χ0n) is 4.53. The van der Waals surface area contributed by atoms with Crippen molar-refractivity contribution in [1.82, 2.24) is 0 Å². The minimum Gasteiger partial charge on any atom is -0.392 e. The second-order valence-corrected chi connectivity index (χ2v) is 2.14. The van der Waals surface area contributed by atoms with Gasteiger partial charge in [0, 0.05) is 0 Å². The van der Waals surface area contributed by atoms with Crippen LogP contribution in [-0.4, -0.2) is 22.4 Å². The summed E-state index contributed by atoms with van der Waals surface area (Å²) in [6, 6.07) is 0. The molecule has 0 saturated heterocycles. The summed E-state index contributed by atoms with van der Waals surface area (Å²) < 4.78 is 0. The Morgan fingerprint density at radius 3 is 2.25 bits per heavy atom. The predicted octanol–water partition coefficient (Wildman–Crippen LogP) is -0.849. The van der Waals surface area contributed by atoms with Gasteiger partial charge in [0.15, 0.2) is 0 Å². The molecular weight excluding hydrogens is 126 g/mol. The van der Waals surface area contributed by atoms with E-state index >= 15 is 0 Å². The Morgan fingerprint density at radius 2 is 2.25 bits per heavy atom. The zero-order valence-corrected chi connectivity index (χ0v) is 5.43. The smallest absolute Gasteiger partial charge is 0.232 e. The van der Waals surface area contributed by atoms with E-state index in [0.717, 1.165) is 0 Å². The summed E-state index contributed by atoms with van der Waals surface area (Å²) in [5, 5.41) is 7.87. The van der Waals surface area contributed by atoms with Gasteiger partial charge in [-0.3, -0.25) is 4.79 Å². The van der Waals surface area contributed by atoms with Gasteiger partial charge in [-0.05, 0) is 6.92 Å². The molecule has 0 heterocycles. The van der Waals surface area contributed by atoms with Crippen molar-refractivity contribution in [3.05, 3.63) is 0 Å². The lowest BCUT2D eigenvalue weighted by atomic mass is 10.3. The van der Waals surface area contributed by atoms with Crippen molar-refractivity contribution in [2.75, 3.05) is 0 Å². The highest BCUT2D eigenvalue weighted by Crippen LogP contribution is 1.98. The van der Waals surface area contributed by atoms with E-state index in [1.54, 1.807) is 0 Å². The monoisotopic (exact) mass is 135 g/mol. The number of hydrogen-bond donors (Lipinski definition) is 3. The van der Waals surface area contributed by atoms with Gasteiger partial charge in [-0.1, -0.05) is 0 Å². The van der Waals surface area contributed by atoms with Crippen LogP contribution >= 0.6 is 12.6 Å². The number of thiol groups is 1. The Morgan fingerprint density at radius 1 is 1.88 bits per heavy atom. The lowest BCUT2D eigenvalue weighted by Crippen LogP contribution is -2.32. The number of rotatable bonds is 2. The molecule has 0 radical (unpaired) electrons. The SMILES string of the molecule is CC(O)C(S)C(N)=O. The summed E-state index contributed by atoms with van der Waals surface area (Å²) in [4.78, 5) is 10.1. The van der Waals surface area contributed by atoms with Gasteiger partial charge in [0.05, 0.1) is 6.10 Å². The fourth-order valence-electron chi connectivity index (χ4n) is 0.238. The molecule has 0 aromatic carbocycles. The minimum absolute atomic E-state index is 0.594. The molecular formula is C4H9NO2S. The Kier molecular flexibility index (Phi) is 2.86. The molecule has 4 heteroatoms. The average molecular weight is 135 g/mol. The van der Waals surface area contributed by atoms with Crippen LogP contribution < -0.4 is 5.73 Å². The summed E-state index contributed by atoms with van der Waals surface area (Å²) in [5.74, 6) is -0.594. The van der Waals surface area contributed by atoms with Gasteiger partial charge >= 0.3 is 0 Å². The van der Waals surface area contributed by atoms with Crippen LogP contribution in [0.2, 0.25) is 0 Å². The molecule has 0 aromatic rings. The second kappa shape index (κ2) is 2.94. The van der Waals surface area contributed by atoms with Gasteiger partial charge in [-0.2, -0.15) is 12.6 Å². The number of primary amides is 1. The third-order valence-electron chi connectivity index (χ3n) is 0.748. The van der Waals surface area contributed by atoms with Gasteiger partial charge in [0.2, 0.25) is 5.91 Å². The van der Waals surface area contributed by atoms with E-state index in [2.05, 4.69) is 12.6 Å². The number of hydrogen-bond acceptors (Lipinski definition) is 3. The van der Waals surface area contributed by atoms with Gasteiger partial charge < -0.3 is 10.8 Å². The van der Waals surface area contributed by atoms with Crippen LogP contribution in [0.3, 0.4) is 0 Å². The van der Waals surface area contributed by atoms with E-state index in [-0.39, 0.29) is 0 Å². The van der Waals surface area contributed by atoms with Crippen molar-refractivity contribution < 1.29 is 9.90 Å². The van der Waals surface area contributed by atoms with E-state index in [1.165, 1.54) is 6.92 Å². The van der Waals surface area contributed by atoms with Crippen molar-refractivity contribution in [1.29, 1.82) is 0 Å². The molecule has 3 nitrogen and oxygen atoms in total. The normalized spacial score (nSPS) is 17.4. The number of aliphatic hydroxyl groups excluding tert-OH is 1. The van der Waals surface area contributed by atoms with Gasteiger partial charge in [-0.25, -0.2) is 0 Å². The first-order valence-electron chi connectivity index (χ1n) is 2.21. The number of amides is 1. The molecule has 3 N–H and O–H groups in total. The highest BCUT2D eigenvalue weighted by atomic mass is 32.1. The van der Waals surface area contributed by atoms with Crippen molar-refractivity contribution >= 4 is 18.5 Å². The summed E-state index contributed by atoms with van der Waals surface area (Å²) >= 11 is 3.70. The minimum atomic E-state index is -0.768. The molecule has 0 aliphatic heterocycles. The Hall–Kier alpha value is -0.220. The first kappa shape index (κ1) is 7.78. The maximum absolute atomic E-state index is 10.1. The number of aliphatic hydroxyl groups is 1. The molecule has 0 rings (SSSR count). The molecule has 0 aromatic heterocycles. The summed E-state index contributed by atoms with van der Waals surface area (Å²) in [7, 11) is 0. The van der Waals surface area contributed by atoms with Crippen LogP contribution in [0.1, 0.15) is 6.92 Å². The van der Waals surface area contributed by atoms with Crippen LogP contribution in [0.25, 0.3) is 0 Å². The van der Waals surface area contributed by atoms with Crippen LogP contribution in [0.15, 0.2) is 0 Å². The molecule has 0 aliphatic rings. The lowest BCUT2D eigenvalue weighted by molar-refractivity contribution is -0.118. The molecule has 0 spiro atoms. The van der Waals surface area contributed by atoms with Crippen LogP contribution in [-0.2, 0) is 4.79 Å². The first-order chi connectivity index (χ1) is 3.55. The Balaban J connectivity index is 3.64. The average Bonchev–Trinajstić information content (AvgIpc) is 1.64. The van der Waals surface area contributed by atoms with Crippen molar-refractivity contribution in [3.8, 4) is 0 Å². The zero-order chi connectivity index (χ0) is 6.73. The third kappa shape index (κ3) is 2.18. The number of carbonyl (C=O) groups excluding carboxylic acids is 1. The van der Waals surface area contributed by atoms with Crippen LogP contribution in [0, 0.1) is 0 Å². The topological polar surface area (TPSA) is 63.3 Å². The number of carbonyl (C=O) groups is 1. The van der Waals surface area contributed by atoms with Gasteiger partial charge in [-0.15, -0.1) is 0 Å². The fraction of sp³-hybridized carbons (Fsp3) is 0.750. The first-order valence-corrected chi connectivity index (χ1v) is 2.72. The molecule has 8 heavy (non-hydrogen) atoms. The van der Waals surface area contributed by atoms with Crippen molar-refractivity contribution in [2.24, 2.45) is 5.73 Å². The molecule has 0 bridgehead atoms. The van der Waals surface area contributed by atoms with Crippen LogP contribution in [0.5, 0.6) is 0 Å². The molecule has 1 amide bonds. The fourth-order valence-corrected chi connectivity index (χ4v) is 0.238. The van der Waals surface area contributed by atoms with E-state index in [4.69, 9.17) is 10.8 Å². The molecule has 0 saturated carbocycles. The molecule has 2 atom stereocenters. The predicted molar refractivity (Wildman–Crippen MR) is 33.6 cm³/mol. The van der Waals surface area contributed by atoms with Crippen molar-refractivity contribution in [2.45, 2.75) is 18.3 Å². The van der Waals surface area contributed by atoms with E-state index in [9.17, 15) is 4.79 Å². The molecule has 2 unspecified atom stereocenters. The second-order valence-electron chi connectivity index (χ2n) is 1.59. The summed E-state index contributed by atoms with van der Waals surface area (Å²) in [6.07, 6.45) is -0.768. The molecule has 48 valence electrons. The van der Waals surface area contributed by atoms with Crippen molar-refractivity contribution in [3.63, 3.8) is 0 Å².